The molecule has 0 spiro atoms. The second kappa shape index (κ2) is 8.60. The third kappa shape index (κ3) is 10.5. The van der Waals surface area contributed by atoms with Crippen molar-refractivity contribution in [2.75, 3.05) is 13.2 Å². The fourth-order valence-corrected chi connectivity index (χ4v) is 0.416. The van der Waals surface area contributed by atoms with E-state index in [4.69, 9.17) is 0 Å². The van der Waals surface area contributed by atoms with Crippen molar-refractivity contribution in [3.05, 3.63) is 10.1 Å². The molecule has 0 unspecified atom stereocenters. The van der Waals surface area contributed by atoms with Crippen LogP contribution >= 0.6 is 0 Å². The van der Waals surface area contributed by atoms with Gasteiger partial charge in [-0.2, -0.15) is 0 Å². The second-order valence-corrected chi connectivity index (χ2v) is 1.61. The van der Waals surface area contributed by atoms with Gasteiger partial charge in [-0.05, 0) is 6.92 Å². The van der Waals surface area contributed by atoms with Crippen LogP contribution in [0.5, 0.6) is 0 Å². The van der Waals surface area contributed by atoms with Crippen LogP contribution in [0.2, 0.25) is 0 Å². The third-order valence-corrected chi connectivity index (χ3v) is 0.804. The van der Waals surface area contributed by atoms with Gasteiger partial charge in [-0.25, -0.2) is 0 Å². The summed E-state index contributed by atoms with van der Waals surface area (Å²) in [6.07, 6.45) is -0.138. The van der Waals surface area contributed by atoms with Crippen LogP contribution in [-0.2, 0) is 9.53 Å². The molecule has 0 fully saturated rings. The van der Waals surface area contributed by atoms with Crippen molar-refractivity contribution in [2.24, 2.45) is 0 Å². The molecule has 0 atom stereocenters. The minimum Gasteiger partial charge on any atom is -1.00 e. The van der Waals surface area contributed by atoms with Crippen molar-refractivity contribution in [1.82, 2.24) is 0 Å². The van der Waals surface area contributed by atoms with E-state index in [1.165, 1.54) is 0 Å². The molecule has 0 aliphatic heterocycles. The Labute approximate surface area is 109 Å². The average molecular weight is 187 g/mol. The fourth-order valence-electron chi connectivity index (χ4n) is 0.416. The summed E-state index contributed by atoms with van der Waals surface area (Å²) >= 11 is 0. The van der Waals surface area contributed by atoms with Gasteiger partial charge in [0.25, 0.3) is 0 Å². The minimum atomic E-state index is -0.545. The summed E-state index contributed by atoms with van der Waals surface area (Å²) in [7, 11) is 0. The van der Waals surface area contributed by atoms with E-state index in [1.807, 2.05) is 0 Å². The predicted octanol–water partition coefficient (Wildman–Crippen LogP) is -2.67. The van der Waals surface area contributed by atoms with Crippen LogP contribution in [0.4, 0.5) is 0 Å². The van der Waals surface area contributed by atoms with Gasteiger partial charge in [-0.1, -0.05) is 0 Å². The van der Waals surface area contributed by atoms with Crippen molar-refractivity contribution in [2.45, 2.75) is 13.3 Å². The molecule has 60 valence electrons. The Bertz CT molecular complexity index is 143. The number of carbonyl (C=O) groups is 1. The van der Waals surface area contributed by atoms with Gasteiger partial charge < -0.3 is 6.16 Å². The normalized spacial score (nSPS) is 8.09. The zero-order chi connectivity index (χ0) is 7.98. The number of nitrogens with zero attached hydrogens (tertiary/aromatic N) is 1. The van der Waals surface area contributed by atoms with Crippen LogP contribution in [0.15, 0.2) is 0 Å². The Hall–Kier alpha value is 0.506. The van der Waals surface area contributed by atoms with Gasteiger partial charge in [0.2, 0.25) is 6.54 Å². The van der Waals surface area contributed by atoms with Crippen LogP contribution in [0, 0.1) is 10.1 Å². The quantitative estimate of drug-likeness (QED) is 0.208. The first-order valence-corrected chi connectivity index (χ1v) is 2.94. The Kier molecular flexibility index (Phi) is 11.0. The molecule has 0 N–H and O–H groups in total. The van der Waals surface area contributed by atoms with Gasteiger partial charge in [0.05, 0.1) is 6.61 Å². The summed E-state index contributed by atoms with van der Waals surface area (Å²) in [5, 5.41) is 9.71. The number of carbonyl (C=O) groups excluding carboxylic acids is 1. The summed E-state index contributed by atoms with van der Waals surface area (Å²) in [4.78, 5) is 19.6. The molecular formula is C5H10KNO4. The van der Waals surface area contributed by atoms with Crippen molar-refractivity contribution in [1.29, 1.82) is 0 Å². The maximum atomic E-state index is 10.4. The van der Waals surface area contributed by atoms with Crippen molar-refractivity contribution >= 4 is 5.97 Å². The molecular weight excluding hydrogens is 177 g/mol. The van der Waals surface area contributed by atoms with E-state index in [2.05, 4.69) is 4.74 Å². The van der Waals surface area contributed by atoms with E-state index in [0.29, 0.717) is 0 Å². The van der Waals surface area contributed by atoms with E-state index in [0.717, 1.165) is 0 Å². The Morgan fingerprint density at radius 1 is 1.73 bits per heavy atom. The maximum Gasteiger partial charge on any atom is 1.00 e. The zero-order valence-electron chi connectivity index (χ0n) is 7.70. The fraction of sp³-hybridized carbons (Fsp3) is 0.800. The first-order valence-electron chi connectivity index (χ1n) is 2.94. The maximum absolute atomic E-state index is 10.4. The molecule has 5 nitrogen and oxygen atoms in total. The van der Waals surface area contributed by atoms with Crippen LogP contribution < -0.4 is 51.4 Å². The van der Waals surface area contributed by atoms with Gasteiger partial charge in [0, 0.05) is 4.92 Å². The molecule has 6 heteroatoms. The minimum absolute atomic E-state index is 0. The van der Waals surface area contributed by atoms with Gasteiger partial charge in [0.15, 0.2) is 0 Å². The van der Waals surface area contributed by atoms with E-state index < -0.39 is 10.9 Å². The molecule has 0 saturated heterocycles. The molecule has 0 bridgehead atoms. The summed E-state index contributed by atoms with van der Waals surface area (Å²) in [5.41, 5.74) is 0. The van der Waals surface area contributed by atoms with E-state index >= 15 is 0 Å². The molecule has 0 aliphatic carbocycles. The topological polar surface area (TPSA) is 69.4 Å². The monoisotopic (exact) mass is 187 g/mol. The number of hydrogen-bond acceptors (Lipinski definition) is 4. The largest absolute Gasteiger partial charge is 1.00 e. The molecule has 0 aromatic rings. The average Bonchev–Trinajstić information content (AvgIpc) is 1.85. The summed E-state index contributed by atoms with van der Waals surface area (Å²) in [6, 6.07) is 0. The molecule has 0 aromatic carbocycles. The smallest absolute Gasteiger partial charge is 1.00 e. The van der Waals surface area contributed by atoms with Gasteiger partial charge in [-0.3, -0.25) is 14.9 Å². The number of esters is 1. The zero-order valence-corrected chi connectivity index (χ0v) is 9.82. The van der Waals surface area contributed by atoms with Gasteiger partial charge >= 0.3 is 57.4 Å². The summed E-state index contributed by atoms with van der Waals surface area (Å²) < 4.78 is 4.45. The molecule has 0 aromatic heterocycles. The van der Waals surface area contributed by atoms with E-state index in [9.17, 15) is 14.9 Å². The summed E-state index contributed by atoms with van der Waals surface area (Å²) in [6.45, 7) is 1.58. The number of rotatable bonds is 4. The molecule has 0 aliphatic rings. The SMILES string of the molecule is CCOC(=O)CC[N+](=O)[O-].[H-].[K+]. The predicted molar refractivity (Wildman–Crippen MR) is 34.2 cm³/mol. The standard InChI is InChI=1S/C5H9NO4.K.H/c1-2-10-5(7)3-4-6(8)9;;/h2-4H2,1H3;;/q;+1;-1. The summed E-state index contributed by atoms with van der Waals surface area (Å²) in [5.74, 6) is -0.515. The second-order valence-electron chi connectivity index (χ2n) is 1.61. The van der Waals surface area contributed by atoms with E-state index in [-0.39, 0.29) is 72.4 Å². The number of nitro groups is 1. The molecule has 0 saturated carbocycles. The molecule has 0 heterocycles. The molecule has 0 radical (unpaired) electrons. The third-order valence-electron chi connectivity index (χ3n) is 0.804. The van der Waals surface area contributed by atoms with Crippen LogP contribution in [0.25, 0.3) is 0 Å². The first kappa shape index (κ1) is 14.1. The molecule has 0 rings (SSSR count). The molecule has 0 amide bonds. The Morgan fingerprint density at radius 3 is 2.64 bits per heavy atom. The van der Waals surface area contributed by atoms with E-state index in [1.54, 1.807) is 6.92 Å². The molecule has 11 heavy (non-hydrogen) atoms. The van der Waals surface area contributed by atoms with Crippen molar-refractivity contribution in [3.63, 3.8) is 0 Å². The van der Waals surface area contributed by atoms with Gasteiger partial charge in [0.1, 0.15) is 6.42 Å². The van der Waals surface area contributed by atoms with Crippen molar-refractivity contribution in [3.8, 4) is 0 Å². The van der Waals surface area contributed by atoms with Crippen LogP contribution in [0.1, 0.15) is 14.8 Å². The first-order chi connectivity index (χ1) is 4.66. The Morgan fingerprint density at radius 2 is 2.27 bits per heavy atom. The Balaban J connectivity index is -0.000000405. The van der Waals surface area contributed by atoms with Gasteiger partial charge in [-0.15, -0.1) is 0 Å². The van der Waals surface area contributed by atoms with Crippen molar-refractivity contribution < 1.29 is 67.3 Å². The van der Waals surface area contributed by atoms with Crippen LogP contribution in [0.3, 0.4) is 0 Å². The number of hydrogen-bond donors (Lipinski definition) is 0. The number of ether oxygens (including phenoxy) is 1. The van der Waals surface area contributed by atoms with Crippen LogP contribution in [-0.4, -0.2) is 24.0 Å².